The monoisotopic (exact) mass is 1440 g/mol. The molecule has 2 unspecified atom stereocenters. The minimum atomic E-state index is -4.96. The number of esters is 4. The smallest absolute Gasteiger partial charge is 0.462 e. The molecule has 0 saturated heterocycles. The Morgan fingerprint density at radius 1 is 0.276 bits per heavy atom. The fourth-order valence-electron chi connectivity index (χ4n) is 12.2. The average molecular weight is 1440 g/mol. The van der Waals surface area contributed by atoms with Crippen molar-refractivity contribution in [1.29, 1.82) is 0 Å². The fourth-order valence-corrected chi connectivity index (χ4v) is 13.8. The first kappa shape index (κ1) is 96.1. The predicted octanol–water partition coefficient (Wildman–Crippen LogP) is 23.5. The Labute approximate surface area is 600 Å². The molecule has 5 atom stereocenters. The highest BCUT2D eigenvalue weighted by Crippen LogP contribution is 2.45. The van der Waals surface area contributed by atoms with E-state index >= 15 is 0 Å². The van der Waals surface area contributed by atoms with Crippen molar-refractivity contribution in [3.8, 4) is 0 Å². The summed E-state index contributed by atoms with van der Waals surface area (Å²) in [4.78, 5) is 72.9. The van der Waals surface area contributed by atoms with Crippen molar-refractivity contribution in [2.24, 2.45) is 11.8 Å². The van der Waals surface area contributed by atoms with Crippen LogP contribution in [0.5, 0.6) is 0 Å². The van der Waals surface area contributed by atoms with Gasteiger partial charge in [-0.05, 0) is 37.5 Å². The number of carbonyl (C=O) groups excluding carboxylic acids is 4. The topological polar surface area (TPSA) is 237 Å². The largest absolute Gasteiger partial charge is 0.472 e. The van der Waals surface area contributed by atoms with Gasteiger partial charge in [-0.3, -0.25) is 37.3 Å². The molecule has 3 N–H and O–H groups in total. The molecule has 0 aliphatic rings. The number of unbranched alkanes of at least 4 members (excludes halogenated alkanes) is 48. The van der Waals surface area contributed by atoms with E-state index < -0.39 is 97.5 Å². The second-order valence-corrected chi connectivity index (χ2v) is 32.3. The van der Waals surface area contributed by atoms with Gasteiger partial charge >= 0.3 is 39.5 Å². The van der Waals surface area contributed by atoms with Gasteiger partial charge in [-0.2, -0.15) is 0 Å². The van der Waals surface area contributed by atoms with Gasteiger partial charge in [0, 0.05) is 25.7 Å². The quantitative estimate of drug-likeness (QED) is 0.0222. The molecule has 0 aromatic carbocycles. The maximum Gasteiger partial charge on any atom is 0.472 e. The minimum Gasteiger partial charge on any atom is -0.462 e. The lowest BCUT2D eigenvalue weighted by atomic mass is 10.0. The number of phosphoric ester groups is 2. The highest BCUT2D eigenvalue weighted by molar-refractivity contribution is 7.47. The third-order valence-corrected chi connectivity index (χ3v) is 20.4. The molecule has 0 spiro atoms. The van der Waals surface area contributed by atoms with Crippen LogP contribution >= 0.6 is 15.6 Å². The molecular weight excluding hydrogens is 1280 g/mol. The molecule has 98 heavy (non-hydrogen) atoms. The van der Waals surface area contributed by atoms with Crippen LogP contribution in [0.1, 0.15) is 414 Å². The van der Waals surface area contributed by atoms with Crippen molar-refractivity contribution < 1.29 is 80.2 Å². The summed E-state index contributed by atoms with van der Waals surface area (Å²) in [6, 6.07) is 0. The van der Waals surface area contributed by atoms with E-state index in [4.69, 9.17) is 37.0 Å². The Morgan fingerprint density at radius 3 is 0.694 bits per heavy atom. The number of rotatable bonds is 78. The molecule has 0 rings (SSSR count). The SMILES string of the molecule is CCCCCCCCCCCCCCCCCCCCCCC(=O)O[C@H](COC(=O)CCCCCCCCCCCCC(C)C)COP(=O)(O)OC[C@@H](O)COP(=O)(O)OC[C@@H](COC(=O)CCCCCCCCCCCCCC)OC(=O)CCCCCCCCCCCCC(C)C. The van der Waals surface area contributed by atoms with E-state index in [2.05, 4.69) is 41.5 Å². The molecule has 0 bridgehead atoms. The number of phosphoric acid groups is 2. The summed E-state index contributed by atoms with van der Waals surface area (Å²) in [6.07, 6.45) is 59.6. The van der Waals surface area contributed by atoms with Crippen LogP contribution in [-0.2, 0) is 65.4 Å². The molecule has 0 radical (unpaired) electrons. The minimum absolute atomic E-state index is 0.106. The van der Waals surface area contributed by atoms with E-state index in [0.717, 1.165) is 102 Å². The van der Waals surface area contributed by atoms with Gasteiger partial charge < -0.3 is 33.8 Å². The molecule has 0 heterocycles. The predicted molar refractivity (Wildman–Crippen MR) is 400 cm³/mol. The van der Waals surface area contributed by atoms with Crippen molar-refractivity contribution in [2.75, 3.05) is 39.6 Å². The van der Waals surface area contributed by atoms with Gasteiger partial charge in [0.05, 0.1) is 26.4 Å². The zero-order valence-electron chi connectivity index (χ0n) is 64.1. The van der Waals surface area contributed by atoms with Crippen LogP contribution in [0.2, 0.25) is 0 Å². The maximum atomic E-state index is 13.1. The lowest BCUT2D eigenvalue weighted by molar-refractivity contribution is -0.161. The molecule has 0 aromatic heterocycles. The zero-order valence-corrected chi connectivity index (χ0v) is 65.9. The van der Waals surface area contributed by atoms with E-state index in [-0.39, 0.29) is 25.7 Å². The molecule has 0 aliphatic heterocycles. The van der Waals surface area contributed by atoms with Gasteiger partial charge in [0.1, 0.15) is 19.3 Å². The van der Waals surface area contributed by atoms with Crippen LogP contribution in [0.3, 0.4) is 0 Å². The molecule has 19 heteroatoms. The van der Waals surface area contributed by atoms with Crippen LogP contribution in [0.4, 0.5) is 0 Å². The summed E-state index contributed by atoms with van der Waals surface area (Å²) in [5.41, 5.74) is 0. The summed E-state index contributed by atoms with van der Waals surface area (Å²) >= 11 is 0. The lowest BCUT2D eigenvalue weighted by Crippen LogP contribution is -2.30. The average Bonchev–Trinajstić information content (AvgIpc) is 1.72. The molecule has 0 aromatic rings. The van der Waals surface area contributed by atoms with Crippen LogP contribution < -0.4 is 0 Å². The van der Waals surface area contributed by atoms with Gasteiger partial charge in [-0.15, -0.1) is 0 Å². The van der Waals surface area contributed by atoms with Gasteiger partial charge in [0.2, 0.25) is 0 Å². The molecule has 0 amide bonds. The molecule has 0 saturated carbocycles. The first-order valence-corrected chi connectivity index (χ1v) is 44.0. The summed E-state index contributed by atoms with van der Waals surface area (Å²) in [6.45, 7) is 9.60. The molecular formula is C79H154O17P2. The second-order valence-electron chi connectivity index (χ2n) is 29.4. The fraction of sp³-hybridized carbons (Fsp3) is 0.949. The number of aliphatic hydroxyl groups is 1. The van der Waals surface area contributed by atoms with Crippen molar-refractivity contribution in [3.05, 3.63) is 0 Å². The Balaban J connectivity index is 5.23. The highest BCUT2D eigenvalue weighted by Gasteiger charge is 2.30. The van der Waals surface area contributed by atoms with Gasteiger partial charge in [0.25, 0.3) is 0 Å². The standard InChI is InChI=1S/C79H154O17P2/c1-7-9-11-13-15-17-19-21-22-23-24-25-26-27-28-30-39-45-51-57-63-78(83)95-74(68-90-77(82)62-56-50-44-38-33-31-35-41-47-53-59-71(3)4)69-93-97(85,86)91-65-73(80)66-92-98(87,88)94-70-75(67-89-76(81)61-55-49-43-37-29-20-18-16-14-12-10-8-2)96-79(84)64-58-52-46-40-34-32-36-42-48-54-60-72(5)6/h71-75,80H,7-70H2,1-6H3,(H,85,86)(H,87,88)/t73-,74-,75-/m1/s1. The number of hydrogen-bond acceptors (Lipinski definition) is 15. The molecule has 0 fully saturated rings. The summed E-state index contributed by atoms with van der Waals surface area (Å²) < 4.78 is 68.6. The van der Waals surface area contributed by atoms with Gasteiger partial charge in [-0.1, -0.05) is 363 Å². The first-order valence-electron chi connectivity index (χ1n) is 41.0. The second kappa shape index (κ2) is 70.7. The van der Waals surface area contributed by atoms with Crippen LogP contribution in [-0.4, -0.2) is 96.7 Å². The van der Waals surface area contributed by atoms with Crippen LogP contribution in [0.25, 0.3) is 0 Å². The summed E-state index contributed by atoms with van der Waals surface area (Å²) in [5, 5.41) is 10.6. The van der Waals surface area contributed by atoms with Crippen molar-refractivity contribution in [1.82, 2.24) is 0 Å². The van der Waals surface area contributed by atoms with E-state index in [1.807, 2.05) is 0 Å². The van der Waals surface area contributed by atoms with Gasteiger partial charge in [-0.25, -0.2) is 9.13 Å². The normalized spacial score (nSPS) is 13.9. The number of ether oxygens (including phenoxy) is 4. The van der Waals surface area contributed by atoms with Crippen LogP contribution in [0.15, 0.2) is 0 Å². The van der Waals surface area contributed by atoms with Gasteiger partial charge in [0.15, 0.2) is 12.2 Å². The zero-order chi connectivity index (χ0) is 72.1. The highest BCUT2D eigenvalue weighted by atomic mass is 31.2. The Hall–Kier alpha value is -1.94. The lowest BCUT2D eigenvalue weighted by Gasteiger charge is -2.21. The third kappa shape index (κ3) is 72.4. The first-order chi connectivity index (χ1) is 47.4. The van der Waals surface area contributed by atoms with Crippen molar-refractivity contribution >= 4 is 39.5 Å². The van der Waals surface area contributed by atoms with Crippen molar-refractivity contribution in [3.63, 3.8) is 0 Å². The number of carbonyl (C=O) groups is 4. The Kier molecular flexibility index (Phi) is 69.3. The maximum absolute atomic E-state index is 13.1. The molecule has 582 valence electrons. The van der Waals surface area contributed by atoms with Crippen LogP contribution in [0, 0.1) is 11.8 Å². The molecule has 17 nitrogen and oxygen atoms in total. The van der Waals surface area contributed by atoms with Crippen molar-refractivity contribution in [2.45, 2.75) is 432 Å². The summed E-state index contributed by atoms with van der Waals surface area (Å²) in [7, 11) is -9.92. The Bertz CT molecular complexity index is 1890. The number of aliphatic hydroxyl groups excluding tert-OH is 1. The van der Waals surface area contributed by atoms with E-state index in [9.17, 15) is 43.2 Å². The third-order valence-electron chi connectivity index (χ3n) is 18.5. The van der Waals surface area contributed by atoms with E-state index in [0.29, 0.717) is 25.7 Å². The molecule has 0 aliphatic carbocycles. The Morgan fingerprint density at radius 2 is 0.469 bits per heavy atom. The summed E-state index contributed by atoms with van der Waals surface area (Å²) in [5.74, 6) is -0.601. The van der Waals surface area contributed by atoms with E-state index in [1.54, 1.807) is 0 Å². The number of hydrogen-bond donors (Lipinski definition) is 3. The van der Waals surface area contributed by atoms with E-state index in [1.165, 1.54) is 231 Å².